The maximum atomic E-state index is 13.2. The Morgan fingerprint density at radius 2 is 2.29 bits per heavy atom. The van der Waals surface area contributed by atoms with E-state index in [1.807, 2.05) is 6.07 Å². The number of carbonyl (C=O) groups excluding carboxylic acids is 1. The van der Waals surface area contributed by atoms with Crippen LogP contribution in [0.2, 0.25) is 0 Å². The summed E-state index contributed by atoms with van der Waals surface area (Å²) in [6.45, 7) is 2.23. The lowest BCUT2D eigenvalue weighted by Crippen LogP contribution is -2.21. The maximum absolute atomic E-state index is 13.2. The van der Waals surface area contributed by atoms with Gasteiger partial charge in [0.05, 0.1) is 6.04 Å². The molecule has 0 aromatic heterocycles. The molecule has 2 amide bonds. The topological polar surface area (TPSA) is 41.1 Å². The van der Waals surface area contributed by atoms with Crippen molar-refractivity contribution in [1.82, 2.24) is 10.6 Å². The number of amides is 2. The highest BCUT2D eigenvalue weighted by Gasteiger charge is 2.21. The zero-order valence-electron chi connectivity index (χ0n) is 7.80. The molecule has 2 N–H and O–H groups in total. The van der Waals surface area contributed by atoms with Crippen LogP contribution >= 0.6 is 0 Å². The predicted octanol–water partition coefficient (Wildman–Crippen LogP) is 1.49. The second-order valence-corrected chi connectivity index (χ2v) is 3.42. The summed E-state index contributed by atoms with van der Waals surface area (Å²) >= 11 is 0. The molecule has 1 aliphatic rings. The molecule has 2 rings (SSSR count). The van der Waals surface area contributed by atoms with Gasteiger partial charge in [0.15, 0.2) is 0 Å². The number of carbonyl (C=O) groups is 1. The lowest BCUT2D eigenvalue weighted by Gasteiger charge is -2.09. The molecular weight excluding hydrogens is 183 g/mol. The predicted molar refractivity (Wildman–Crippen MR) is 50.4 cm³/mol. The van der Waals surface area contributed by atoms with E-state index < -0.39 is 0 Å². The minimum atomic E-state index is -0.233. The fraction of sp³-hybridized carbons (Fsp3) is 0.300. The van der Waals surface area contributed by atoms with Crippen molar-refractivity contribution in [2.45, 2.75) is 13.0 Å². The summed E-state index contributed by atoms with van der Waals surface area (Å²) < 4.78 is 13.2. The Kier molecular flexibility index (Phi) is 2.11. The van der Waals surface area contributed by atoms with Crippen LogP contribution in [-0.2, 0) is 0 Å². The average Bonchev–Trinajstić information content (AvgIpc) is 2.57. The van der Waals surface area contributed by atoms with E-state index in [0.29, 0.717) is 12.1 Å². The van der Waals surface area contributed by atoms with Crippen LogP contribution in [-0.4, -0.2) is 12.6 Å². The summed E-state index contributed by atoms with van der Waals surface area (Å²) in [7, 11) is 0. The van der Waals surface area contributed by atoms with E-state index in [2.05, 4.69) is 10.6 Å². The first kappa shape index (κ1) is 8.99. The van der Waals surface area contributed by atoms with Gasteiger partial charge in [0.25, 0.3) is 0 Å². The number of rotatable bonds is 1. The number of hydrogen-bond donors (Lipinski definition) is 2. The summed E-state index contributed by atoms with van der Waals surface area (Å²) in [6.07, 6.45) is 0. The van der Waals surface area contributed by atoms with Crippen LogP contribution in [0.1, 0.15) is 17.2 Å². The minimum absolute atomic E-state index is 0.113. The van der Waals surface area contributed by atoms with Gasteiger partial charge in [-0.05, 0) is 24.1 Å². The molecule has 14 heavy (non-hydrogen) atoms. The zero-order chi connectivity index (χ0) is 10.1. The molecule has 3 nitrogen and oxygen atoms in total. The Labute approximate surface area is 81.3 Å². The molecule has 4 heteroatoms. The van der Waals surface area contributed by atoms with Gasteiger partial charge in [-0.3, -0.25) is 0 Å². The summed E-state index contributed by atoms with van der Waals surface area (Å²) in [6, 6.07) is 4.70. The number of aryl methyl sites for hydroxylation is 1. The fourth-order valence-corrected chi connectivity index (χ4v) is 1.48. The first-order valence-corrected chi connectivity index (χ1v) is 4.47. The van der Waals surface area contributed by atoms with Crippen molar-refractivity contribution < 1.29 is 9.18 Å². The highest BCUT2D eigenvalue weighted by Crippen LogP contribution is 2.18. The van der Waals surface area contributed by atoms with Crippen LogP contribution in [0, 0.1) is 12.7 Å². The second kappa shape index (κ2) is 3.29. The molecule has 0 bridgehead atoms. The Balaban J connectivity index is 2.24. The summed E-state index contributed by atoms with van der Waals surface area (Å²) in [5, 5.41) is 5.33. The van der Waals surface area contributed by atoms with E-state index in [0.717, 1.165) is 5.56 Å². The zero-order valence-corrected chi connectivity index (χ0v) is 7.80. The van der Waals surface area contributed by atoms with E-state index >= 15 is 0 Å². The highest BCUT2D eigenvalue weighted by atomic mass is 19.1. The molecule has 1 aromatic carbocycles. The van der Waals surface area contributed by atoms with Crippen molar-refractivity contribution >= 4 is 6.03 Å². The molecule has 1 heterocycles. The fourth-order valence-electron chi connectivity index (χ4n) is 1.48. The van der Waals surface area contributed by atoms with Crippen molar-refractivity contribution in [3.05, 3.63) is 35.1 Å². The Morgan fingerprint density at radius 3 is 2.86 bits per heavy atom. The van der Waals surface area contributed by atoms with Crippen LogP contribution in [0.4, 0.5) is 9.18 Å². The van der Waals surface area contributed by atoms with Gasteiger partial charge in [0, 0.05) is 6.54 Å². The van der Waals surface area contributed by atoms with Crippen LogP contribution in [0.5, 0.6) is 0 Å². The van der Waals surface area contributed by atoms with Gasteiger partial charge in [0.2, 0.25) is 0 Å². The van der Waals surface area contributed by atoms with E-state index in [9.17, 15) is 9.18 Å². The number of urea groups is 1. The number of halogens is 1. The molecule has 1 aromatic rings. The smallest absolute Gasteiger partial charge is 0.315 e. The quantitative estimate of drug-likeness (QED) is 0.698. The molecule has 0 unspecified atom stereocenters. The van der Waals surface area contributed by atoms with Crippen molar-refractivity contribution in [3.63, 3.8) is 0 Å². The minimum Gasteiger partial charge on any atom is -0.336 e. The number of nitrogens with one attached hydrogen (secondary N) is 2. The van der Waals surface area contributed by atoms with Crippen LogP contribution in [0.25, 0.3) is 0 Å². The molecule has 0 saturated carbocycles. The molecule has 1 saturated heterocycles. The Hall–Kier alpha value is -1.58. The Bertz CT molecular complexity index is 378. The summed E-state index contributed by atoms with van der Waals surface area (Å²) in [5.41, 5.74) is 1.41. The lowest BCUT2D eigenvalue weighted by atomic mass is 10.1. The van der Waals surface area contributed by atoms with Crippen LogP contribution in [0.15, 0.2) is 18.2 Å². The van der Waals surface area contributed by atoms with Crippen molar-refractivity contribution in [2.75, 3.05) is 6.54 Å². The molecular formula is C10H11FN2O. The average molecular weight is 194 g/mol. The molecule has 74 valence electrons. The largest absolute Gasteiger partial charge is 0.336 e. The standard InChI is InChI=1S/C10H11FN2O/c1-6-2-3-7(4-8(6)11)9-5-12-10(14)13-9/h2-4,9H,5H2,1H3,(H2,12,13,14)/t9-/m0/s1. The monoisotopic (exact) mass is 194 g/mol. The molecule has 0 spiro atoms. The summed E-state index contributed by atoms with van der Waals surface area (Å²) in [4.78, 5) is 10.9. The third-order valence-electron chi connectivity index (χ3n) is 2.37. The van der Waals surface area contributed by atoms with Crippen molar-refractivity contribution in [2.24, 2.45) is 0 Å². The van der Waals surface area contributed by atoms with E-state index in [1.54, 1.807) is 13.0 Å². The molecule has 0 aliphatic carbocycles. The second-order valence-electron chi connectivity index (χ2n) is 3.42. The number of hydrogen-bond acceptors (Lipinski definition) is 1. The third kappa shape index (κ3) is 1.55. The van der Waals surface area contributed by atoms with Gasteiger partial charge >= 0.3 is 6.03 Å². The third-order valence-corrected chi connectivity index (χ3v) is 2.37. The first-order valence-electron chi connectivity index (χ1n) is 4.47. The first-order chi connectivity index (χ1) is 6.66. The molecule has 1 aliphatic heterocycles. The molecule has 0 radical (unpaired) electrons. The van der Waals surface area contributed by atoms with Gasteiger partial charge in [-0.15, -0.1) is 0 Å². The van der Waals surface area contributed by atoms with Crippen molar-refractivity contribution in [3.8, 4) is 0 Å². The highest BCUT2D eigenvalue weighted by molar-refractivity contribution is 5.76. The van der Waals surface area contributed by atoms with E-state index in [4.69, 9.17) is 0 Å². The maximum Gasteiger partial charge on any atom is 0.315 e. The van der Waals surface area contributed by atoms with E-state index in [1.165, 1.54) is 6.07 Å². The van der Waals surface area contributed by atoms with Gasteiger partial charge < -0.3 is 10.6 Å². The van der Waals surface area contributed by atoms with Gasteiger partial charge in [-0.2, -0.15) is 0 Å². The van der Waals surface area contributed by atoms with Gasteiger partial charge in [-0.1, -0.05) is 12.1 Å². The van der Waals surface area contributed by atoms with Crippen LogP contribution in [0.3, 0.4) is 0 Å². The van der Waals surface area contributed by atoms with Crippen LogP contribution < -0.4 is 10.6 Å². The molecule has 1 fully saturated rings. The number of benzene rings is 1. The lowest BCUT2D eigenvalue weighted by molar-refractivity contribution is 0.247. The normalized spacial score (nSPS) is 20.4. The molecule has 1 atom stereocenters. The summed E-state index contributed by atoms with van der Waals surface area (Å²) in [5.74, 6) is -0.233. The van der Waals surface area contributed by atoms with Crippen molar-refractivity contribution in [1.29, 1.82) is 0 Å². The van der Waals surface area contributed by atoms with Gasteiger partial charge in [-0.25, -0.2) is 9.18 Å². The SMILES string of the molecule is Cc1ccc([C@@H]2CNC(=O)N2)cc1F. The van der Waals surface area contributed by atoms with Gasteiger partial charge in [0.1, 0.15) is 5.82 Å². The van der Waals surface area contributed by atoms with E-state index in [-0.39, 0.29) is 17.9 Å². The Morgan fingerprint density at radius 1 is 1.50 bits per heavy atom.